The monoisotopic (exact) mass is 479 g/mol. The molecule has 0 atom stereocenters. The fraction of sp³-hybridized carbons (Fsp3) is 0.438. The van der Waals surface area contributed by atoms with E-state index in [1.807, 2.05) is 12.1 Å². The topological polar surface area (TPSA) is 87.5 Å². The van der Waals surface area contributed by atoms with Crippen molar-refractivity contribution in [1.29, 1.82) is 0 Å². The summed E-state index contributed by atoms with van der Waals surface area (Å²) in [5.41, 5.74) is 1.24. The van der Waals surface area contributed by atoms with Crippen LogP contribution in [0.25, 0.3) is 10.9 Å². The maximum absolute atomic E-state index is 11.0. The number of sulfonamides is 1. The molecule has 9 heteroatoms. The number of halogens is 1. The Bertz CT molecular complexity index is 789. The summed E-state index contributed by atoms with van der Waals surface area (Å²) in [5.74, 6) is 0.669. The van der Waals surface area contributed by atoms with Gasteiger partial charge in [-0.05, 0) is 23.9 Å². The first-order valence-corrected chi connectivity index (χ1v) is 9.82. The fourth-order valence-corrected chi connectivity index (χ4v) is 2.90. The predicted octanol–water partition coefficient (Wildman–Crippen LogP) is 1.36. The zero-order valence-corrected chi connectivity index (χ0v) is 17.7. The van der Waals surface area contributed by atoms with Crippen molar-refractivity contribution in [2.24, 2.45) is 4.99 Å². The lowest BCUT2D eigenvalue weighted by Crippen LogP contribution is -2.41. The fourth-order valence-electron chi connectivity index (χ4n) is 2.43. The zero-order valence-electron chi connectivity index (χ0n) is 14.5. The third kappa shape index (κ3) is 7.61. The average molecular weight is 479 g/mol. The number of benzene rings is 1. The lowest BCUT2D eigenvalue weighted by atomic mass is 10.2. The van der Waals surface area contributed by atoms with Crippen molar-refractivity contribution in [1.82, 2.24) is 19.9 Å². The minimum atomic E-state index is -3.15. The van der Waals surface area contributed by atoms with E-state index in [2.05, 4.69) is 49.3 Å². The molecular weight excluding hydrogens is 453 g/mol. The van der Waals surface area contributed by atoms with Crippen LogP contribution in [0.2, 0.25) is 0 Å². The van der Waals surface area contributed by atoms with Crippen LogP contribution in [-0.4, -0.2) is 51.9 Å². The Balaban J connectivity index is 0.00000312. The zero-order chi connectivity index (χ0) is 17.4. The smallest absolute Gasteiger partial charge is 0.208 e. The third-order valence-corrected chi connectivity index (χ3v) is 4.28. The van der Waals surface area contributed by atoms with E-state index in [4.69, 9.17) is 0 Å². The van der Waals surface area contributed by atoms with Crippen LogP contribution in [0.1, 0.15) is 6.42 Å². The van der Waals surface area contributed by atoms with Gasteiger partial charge in [-0.2, -0.15) is 0 Å². The first kappa shape index (κ1) is 21.7. The summed E-state index contributed by atoms with van der Waals surface area (Å²) in [6.45, 7) is 2.52. The Labute approximate surface area is 166 Å². The van der Waals surface area contributed by atoms with E-state index in [9.17, 15) is 8.42 Å². The molecule has 25 heavy (non-hydrogen) atoms. The van der Waals surface area contributed by atoms with Crippen LogP contribution in [0.5, 0.6) is 0 Å². The van der Waals surface area contributed by atoms with Crippen LogP contribution in [0.3, 0.4) is 0 Å². The quantitative estimate of drug-likeness (QED) is 0.231. The molecule has 0 unspecified atom stereocenters. The number of hydrogen-bond acceptors (Lipinski definition) is 3. The van der Waals surface area contributed by atoms with Crippen molar-refractivity contribution in [2.75, 3.05) is 32.9 Å². The van der Waals surface area contributed by atoms with Crippen LogP contribution < -0.4 is 15.4 Å². The van der Waals surface area contributed by atoms with Gasteiger partial charge in [-0.1, -0.05) is 18.2 Å². The summed E-state index contributed by atoms with van der Waals surface area (Å²) in [6, 6.07) is 10.5. The molecule has 1 heterocycles. The Morgan fingerprint density at radius 1 is 1.12 bits per heavy atom. The molecule has 2 rings (SSSR count). The van der Waals surface area contributed by atoms with Crippen molar-refractivity contribution in [3.63, 3.8) is 0 Å². The molecule has 0 saturated carbocycles. The number of fused-ring (bicyclic) bond motifs is 1. The number of hydrogen-bond donors (Lipinski definition) is 3. The summed E-state index contributed by atoms with van der Waals surface area (Å²) in [5, 5.41) is 7.55. The highest BCUT2D eigenvalue weighted by molar-refractivity contribution is 14.0. The van der Waals surface area contributed by atoms with Crippen molar-refractivity contribution >= 4 is 50.9 Å². The highest BCUT2D eigenvalue weighted by Crippen LogP contribution is 2.15. The molecule has 0 fully saturated rings. The van der Waals surface area contributed by atoms with Crippen molar-refractivity contribution in [3.8, 4) is 0 Å². The van der Waals surface area contributed by atoms with Gasteiger partial charge in [0.1, 0.15) is 0 Å². The van der Waals surface area contributed by atoms with Gasteiger partial charge in [0.15, 0.2) is 5.96 Å². The maximum atomic E-state index is 11.0. The van der Waals surface area contributed by atoms with Crippen molar-refractivity contribution in [3.05, 3.63) is 36.5 Å². The van der Waals surface area contributed by atoms with Crippen LogP contribution in [0, 0.1) is 0 Å². The van der Waals surface area contributed by atoms with Gasteiger partial charge < -0.3 is 15.2 Å². The van der Waals surface area contributed by atoms with Gasteiger partial charge in [-0.15, -0.1) is 24.0 Å². The Morgan fingerprint density at radius 2 is 1.84 bits per heavy atom. The molecule has 2 aromatic rings. The molecule has 0 aliphatic carbocycles. The van der Waals surface area contributed by atoms with E-state index in [0.29, 0.717) is 19.0 Å². The van der Waals surface area contributed by atoms with Crippen molar-refractivity contribution in [2.45, 2.75) is 13.0 Å². The van der Waals surface area contributed by atoms with E-state index in [1.165, 1.54) is 10.9 Å². The van der Waals surface area contributed by atoms with Crippen LogP contribution >= 0.6 is 24.0 Å². The second-order valence-corrected chi connectivity index (χ2v) is 7.35. The first-order valence-electron chi connectivity index (χ1n) is 7.92. The third-order valence-electron chi connectivity index (χ3n) is 3.55. The van der Waals surface area contributed by atoms with Crippen molar-refractivity contribution < 1.29 is 8.42 Å². The molecule has 140 valence electrons. The van der Waals surface area contributed by atoms with E-state index in [1.54, 1.807) is 7.05 Å². The van der Waals surface area contributed by atoms with E-state index in [-0.39, 0.29) is 24.0 Å². The summed E-state index contributed by atoms with van der Waals surface area (Å²) < 4.78 is 26.6. The maximum Gasteiger partial charge on any atom is 0.208 e. The van der Waals surface area contributed by atoms with Gasteiger partial charge in [0.05, 0.1) is 6.26 Å². The highest BCUT2D eigenvalue weighted by Gasteiger charge is 2.02. The SMILES string of the molecule is CN=C(NCCCn1ccc2ccccc21)NCCNS(C)(=O)=O.I. The van der Waals surface area contributed by atoms with E-state index >= 15 is 0 Å². The largest absolute Gasteiger partial charge is 0.356 e. The van der Waals surface area contributed by atoms with Crippen LogP contribution in [-0.2, 0) is 16.6 Å². The second-order valence-electron chi connectivity index (χ2n) is 5.51. The second kappa shape index (κ2) is 10.6. The lowest BCUT2D eigenvalue weighted by molar-refractivity contribution is 0.586. The molecule has 3 N–H and O–H groups in total. The molecule has 0 radical (unpaired) electrons. The number of aromatic nitrogens is 1. The number of guanidine groups is 1. The van der Waals surface area contributed by atoms with Crippen LogP contribution in [0.4, 0.5) is 0 Å². The number of nitrogens with one attached hydrogen (secondary N) is 3. The molecule has 0 saturated heterocycles. The lowest BCUT2D eigenvalue weighted by Gasteiger charge is -2.12. The summed E-state index contributed by atoms with van der Waals surface area (Å²) in [4.78, 5) is 4.12. The summed E-state index contributed by atoms with van der Waals surface area (Å²) >= 11 is 0. The Kier molecular flexibility index (Phi) is 9.22. The standard InChI is InChI=1S/C16H25N5O2S.HI/c1-17-16(19-10-11-20-24(2,22)23)18-9-5-12-21-13-8-14-6-3-4-7-15(14)21;/h3-4,6-8,13,20H,5,9-12H2,1-2H3,(H2,17,18,19);1H. The van der Waals surface area contributed by atoms with Gasteiger partial charge >= 0.3 is 0 Å². The molecule has 1 aromatic heterocycles. The summed E-state index contributed by atoms with van der Waals surface area (Å²) in [6.07, 6.45) is 4.21. The molecule has 0 spiro atoms. The van der Waals surface area contributed by atoms with Crippen LogP contribution in [0.15, 0.2) is 41.5 Å². The Morgan fingerprint density at radius 3 is 2.56 bits per heavy atom. The number of aliphatic imine (C=N–C) groups is 1. The number of rotatable bonds is 8. The van der Waals surface area contributed by atoms with Gasteiger partial charge in [-0.25, -0.2) is 13.1 Å². The normalized spacial score (nSPS) is 12.0. The molecule has 1 aromatic carbocycles. The van der Waals surface area contributed by atoms with E-state index < -0.39 is 10.0 Å². The molecular formula is C16H26IN5O2S. The average Bonchev–Trinajstić information content (AvgIpc) is 2.96. The predicted molar refractivity (Wildman–Crippen MR) is 114 cm³/mol. The number of para-hydroxylation sites is 1. The molecule has 0 aliphatic heterocycles. The van der Waals surface area contributed by atoms with Gasteiger partial charge in [-0.3, -0.25) is 4.99 Å². The molecule has 0 amide bonds. The van der Waals surface area contributed by atoms with Gasteiger partial charge in [0, 0.05) is 44.9 Å². The molecule has 7 nitrogen and oxygen atoms in total. The highest BCUT2D eigenvalue weighted by atomic mass is 127. The minimum absolute atomic E-state index is 0. The summed E-state index contributed by atoms with van der Waals surface area (Å²) in [7, 11) is -1.45. The molecule has 0 bridgehead atoms. The first-order chi connectivity index (χ1) is 11.5. The number of aryl methyl sites for hydroxylation is 1. The van der Waals surface area contributed by atoms with Gasteiger partial charge in [0.2, 0.25) is 10.0 Å². The van der Waals surface area contributed by atoms with E-state index in [0.717, 1.165) is 25.8 Å². The number of nitrogens with zero attached hydrogens (tertiary/aromatic N) is 2. The minimum Gasteiger partial charge on any atom is -0.356 e. The van der Waals surface area contributed by atoms with Gasteiger partial charge in [0.25, 0.3) is 0 Å². The molecule has 0 aliphatic rings. The Hall–Kier alpha value is -1.33.